The summed E-state index contributed by atoms with van der Waals surface area (Å²) < 4.78 is 0. The van der Waals surface area contributed by atoms with Crippen LogP contribution in [0.3, 0.4) is 0 Å². The van der Waals surface area contributed by atoms with Gasteiger partial charge in [-0.15, -0.1) is 0 Å². The van der Waals surface area contributed by atoms with E-state index >= 15 is 0 Å². The molecule has 2 bridgehead atoms. The molecule has 1 amide bonds. The SMILES string of the molecule is CCC(O)(c1ccccc1Cl)N(C(=O)O)C1CC2CCC1C2. The summed E-state index contributed by atoms with van der Waals surface area (Å²) in [5.41, 5.74) is -1.09. The van der Waals surface area contributed by atoms with E-state index in [1.54, 1.807) is 31.2 Å². The quantitative estimate of drug-likeness (QED) is 0.821. The molecule has 0 spiro atoms. The molecule has 5 heteroatoms. The van der Waals surface area contributed by atoms with Gasteiger partial charge < -0.3 is 10.2 Å². The molecular weight excluding hydrogens is 302 g/mol. The van der Waals surface area contributed by atoms with Gasteiger partial charge in [0.25, 0.3) is 0 Å². The summed E-state index contributed by atoms with van der Waals surface area (Å²) >= 11 is 6.24. The van der Waals surface area contributed by atoms with Gasteiger partial charge in [0.05, 0.1) is 0 Å². The van der Waals surface area contributed by atoms with Crippen LogP contribution in [-0.2, 0) is 5.72 Å². The molecule has 22 heavy (non-hydrogen) atoms. The minimum absolute atomic E-state index is 0.113. The number of nitrogens with zero attached hydrogens (tertiary/aromatic N) is 1. The van der Waals surface area contributed by atoms with Gasteiger partial charge in [0, 0.05) is 16.6 Å². The molecule has 0 aliphatic heterocycles. The number of benzene rings is 1. The van der Waals surface area contributed by atoms with Crippen LogP contribution in [0.2, 0.25) is 5.02 Å². The minimum atomic E-state index is -1.57. The lowest BCUT2D eigenvalue weighted by molar-refractivity contribution is -0.127. The molecule has 4 atom stereocenters. The number of halogens is 1. The minimum Gasteiger partial charge on any atom is -0.465 e. The van der Waals surface area contributed by atoms with Crippen LogP contribution < -0.4 is 0 Å². The fraction of sp³-hybridized carbons (Fsp3) is 0.588. The van der Waals surface area contributed by atoms with E-state index in [0.717, 1.165) is 19.3 Å². The Bertz CT molecular complexity index is 579. The summed E-state index contributed by atoms with van der Waals surface area (Å²) in [7, 11) is 0. The van der Waals surface area contributed by atoms with Crippen LogP contribution in [0.15, 0.2) is 24.3 Å². The van der Waals surface area contributed by atoms with Crippen molar-refractivity contribution in [3.05, 3.63) is 34.9 Å². The van der Waals surface area contributed by atoms with Crippen molar-refractivity contribution in [1.82, 2.24) is 4.90 Å². The Balaban J connectivity index is 2.02. The van der Waals surface area contributed by atoms with Crippen LogP contribution in [0.1, 0.15) is 44.6 Å². The van der Waals surface area contributed by atoms with Gasteiger partial charge in [0.2, 0.25) is 0 Å². The van der Waals surface area contributed by atoms with Crippen LogP contribution in [0.25, 0.3) is 0 Å². The van der Waals surface area contributed by atoms with Crippen molar-refractivity contribution in [1.29, 1.82) is 0 Å². The molecular formula is C17H22ClNO3. The van der Waals surface area contributed by atoms with Crippen molar-refractivity contribution >= 4 is 17.7 Å². The number of fused-ring (bicyclic) bond motifs is 2. The van der Waals surface area contributed by atoms with E-state index in [-0.39, 0.29) is 12.5 Å². The zero-order valence-electron chi connectivity index (χ0n) is 12.7. The van der Waals surface area contributed by atoms with Crippen molar-refractivity contribution < 1.29 is 15.0 Å². The van der Waals surface area contributed by atoms with Gasteiger partial charge in [-0.3, -0.25) is 4.90 Å². The third kappa shape index (κ3) is 2.38. The molecule has 2 aliphatic rings. The van der Waals surface area contributed by atoms with Crippen molar-refractivity contribution in [3.63, 3.8) is 0 Å². The summed E-state index contributed by atoms with van der Waals surface area (Å²) in [4.78, 5) is 13.3. The van der Waals surface area contributed by atoms with Crippen molar-refractivity contribution in [2.75, 3.05) is 0 Å². The molecule has 2 N–H and O–H groups in total. The second kappa shape index (κ2) is 5.74. The second-order valence-corrected chi connectivity index (χ2v) is 6.95. The third-order valence-electron chi connectivity index (χ3n) is 5.44. The molecule has 4 nitrogen and oxygen atoms in total. The predicted octanol–water partition coefficient (Wildman–Crippen LogP) is 4.06. The fourth-order valence-electron chi connectivity index (χ4n) is 4.38. The smallest absolute Gasteiger partial charge is 0.410 e. The summed E-state index contributed by atoms with van der Waals surface area (Å²) in [5.74, 6) is 0.964. The summed E-state index contributed by atoms with van der Waals surface area (Å²) in [5, 5.41) is 21.5. The first-order valence-electron chi connectivity index (χ1n) is 7.97. The highest BCUT2D eigenvalue weighted by Crippen LogP contribution is 2.49. The largest absolute Gasteiger partial charge is 0.465 e. The maximum Gasteiger partial charge on any atom is 0.410 e. The van der Waals surface area contributed by atoms with Gasteiger partial charge in [-0.05, 0) is 43.6 Å². The van der Waals surface area contributed by atoms with E-state index < -0.39 is 11.8 Å². The van der Waals surface area contributed by atoms with E-state index in [1.807, 2.05) is 0 Å². The van der Waals surface area contributed by atoms with Gasteiger partial charge >= 0.3 is 6.09 Å². The Morgan fingerprint density at radius 1 is 1.36 bits per heavy atom. The molecule has 4 unspecified atom stereocenters. The Labute approximate surface area is 135 Å². The van der Waals surface area contributed by atoms with Crippen molar-refractivity contribution in [2.45, 2.75) is 50.8 Å². The van der Waals surface area contributed by atoms with Crippen molar-refractivity contribution in [3.8, 4) is 0 Å². The number of aliphatic hydroxyl groups is 1. The average Bonchev–Trinajstić information content (AvgIpc) is 3.10. The van der Waals surface area contributed by atoms with E-state index in [0.29, 0.717) is 22.4 Å². The predicted molar refractivity (Wildman–Crippen MR) is 84.7 cm³/mol. The monoisotopic (exact) mass is 323 g/mol. The number of rotatable bonds is 4. The Morgan fingerprint density at radius 2 is 2.09 bits per heavy atom. The maximum absolute atomic E-state index is 12.0. The molecule has 2 fully saturated rings. The molecule has 3 rings (SSSR count). The fourth-order valence-corrected chi connectivity index (χ4v) is 4.67. The van der Waals surface area contributed by atoms with E-state index in [4.69, 9.17) is 11.6 Å². The molecule has 120 valence electrons. The number of hydrogen-bond acceptors (Lipinski definition) is 2. The lowest BCUT2D eigenvalue weighted by Crippen LogP contribution is -2.55. The van der Waals surface area contributed by atoms with Gasteiger partial charge in [0.15, 0.2) is 5.72 Å². The molecule has 1 aromatic carbocycles. The number of hydrogen-bond donors (Lipinski definition) is 2. The molecule has 2 aliphatic carbocycles. The first kappa shape index (κ1) is 15.6. The maximum atomic E-state index is 12.0. The summed E-state index contributed by atoms with van der Waals surface area (Å²) in [6, 6.07) is 6.86. The van der Waals surface area contributed by atoms with Gasteiger partial charge in [0.1, 0.15) is 0 Å². The molecule has 0 saturated heterocycles. The Kier molecular flexibility index (Phi) is 4.08. The number of amides is 1. The van der Waals surface area contributed by atoms with E-state index in [1.165, 1.54) is 11.3 Å². The first-order chi connectivity index (χ1) is 10.5. The standard InChI is InChI=1S/C17H22ClNO3/c1-2-17(22,13-5-3-4-6-14(13)18)19(16(20)21)15-10-11-7-8-12(15)9-11/h3-6,11-12,15,22H,2,7-10H2,1H3,(H,20,21). The third-order valence-corrected chi connectivity index (χ3v) is 5.76. The van der Waals surface area contributed by atoms with Crippen LogP contribution >= 0.6 is 11.6 Å². The summed E-state index contributed by atoms with van der Waals surface area (Å²) in [6.07, 6.45) is 3.38. The zero-order chi connectivity index (χ0) is 15.9. The molecule has 0 radical (unpaired) electrons. The number of carbonyl (C=O) groups is 1. The highest BCUT2D eigenvalue weighted by Gasteiger charge is 2.51. The van der Waals surface area contributed by atoms with Crippen LogP contribution in [0, 0.1) is 11.8 Å². The molecule has 1 aromatic rings. The van der Waals surface area contributed by atoms with Gasteiger partial charge in [-0.1, -0.05) is 43.1 Å². The average molecular weight is 324 g/mol. The molecule has 2 saturated carbocycles. The summed E-state index contributed by atoms with van der Waals surface area (Å²) in [6.45, 7) is 1.80. The molecule has 0 heterocycles. The number of carboxylic acid groups (broad SMARTS) is 1. The highest BCUT2D eigenvalue weighted by molar-refractivity contribution is 6.31. The zero-order valence-corrected chi connectivity index (χ0v) is 13.5. The highest BCUT2D eigenvalue weighted by atomic mass is 35.5. The second-order valence-electron chi connectivity index (χ2n) is 6.54. The van der Waals surface area contributed by atoms with Crippen LogP contribution in [0.4, 0.5) is 4.79 Å². The molecule has 0 aromatic heterocycles. The van der Waals surface area contributed by atoms with E-state index in [2.05, 4.69) is 0 Å². The Morgan fingerprint density at radius 3 is 2.59 bits per heavy atom. The van der Waals surface area contributed by atoms with E-state index in [9.17, 15) is 15.0 Å². The van der Waals surface area contributed by atoms with Gasteiger partial charge in [-0.2, -0.15) is 0 Å². The van der Waals surface area contributed by atoms with Gasteiger partial charge in [-0.25, -0.2) is 4.79 Å². The van der Waals surface area contributed by atoms with Crippen LogP contribution in [-0.4, -0.2) is 27.2 Å². The van der Waals surface area contributed by atoms with Crippen LogP contribution in [0.5, 0.6) is 0 Å². The lowest BCUT2D eigenvalue weighted by atomic mass is 9.89. The Hall–Kier alpha value is -1.26. The normalized spacial score (nSPS) is 29.3. The van der Waals surface area contributed by atoms with Crippen molar-refractivity contribution in [2.24, 2.45) is 11.8 Å². The first-order valence-corrected chi connectivity index (χ1v) is 8.34. The topological polar surface area (TPSA) is 60.8 Å². The lowest BCUT2D eigenvalue weighted by Gasteiger charge is -2.44.